The van der Waals surface area contributed by atoms with Gasteiger partial charge < -0.3 is 5.73 Å². The van der Waals surface area contributed by atoms with Crippen molar-refractivity contribution in [2.24, 2.45) is 17.6 Å². The molecule has 2 rings (SSSR count). The highest BCUT2D eigenvalue weighted by Gasteiger charge is 2.36. The van der Waals surface area contributed by atoms with Crippen molar-refractivity contribution in [3.05, 3.63) is 16.4 Å². The fourth-order valence-electron chi connectivity index (χ4n) is 3.28. The molecule has 0 spiro atoms. The first-order valence-electron chi connectivity index (χ1n) is 7.37. The van der Waals surface area contributed by atoms with E-state index >= 15 is 0 Å². The molecule has 2 N–H and O–H groups in total. The van der Waals surface area contributed by atoms with Crippen LogP contribution in [-0.2, 0) is 13.0 Å². The van der Waals surface area contributed by atoms with E-state index < -0.39 is 0 Å². The zero-order valence-corrected chi connectivity index (χ0v) is 13.3. The molecular weight excluding hydrogens is 258 g/mol. The number of hydrogen-bond acceptors (Lipinski definition) is 2. The fourth-order valence-corrected chi connectivity index (χ4v) is 3.48. The van der Waals surface area contributed by atoms with E-state index in [4.69, 9.17) is 17.3 Å². The van der Waals surface area contributed by atoms with Crippen LogP contribution >= 0.6 is 11.6 Å². The summed E-state index contributed by atoms with van der Waals surface area (Å²) in [7, 11) is 0. The molecule has 0 aliphatic heterocycles. The Balaban J connectivity index is 2.21. The summed E-state index contributed by atoms with van der Waals surface area (Å²) < 4.78 is 2.01. The summed E-state index contributed by atoms with van der Waals surface area (Å²) in [4.78, 5) is 0. The van der Waals surface area contributed by atoms with Gasteiger partial charge in [-0.05, 0) is 44.9 Å². The Hall–Kier alpha value is -0.540. The number of nitrogens with zero attached hydrogens (tertiary/aromatic N) is 2. The molecule has 1 aromatic heterocycles. The molecule has 3 unspecified atom stereocenters. The lowest BCUT2D eigenvalue weighted by Gasteiger charge is -2.40. The molecule has 0 saturated heterocycles. The monoisotopic (exact) mass is 283 g/mol. The van der Waals surface area contributed by atoms with Gasteiger partial charge in [0, 0.05) is 18.5 Å². The van der Waals surface area contributed by atoms with Crippen LogP contribution in [0.15, 0.2) is 0 Å². The lowest BCUT2D eigenvalue weighted by atomic mass is 9.70. The Kier molecular flexibility index (Phi) is 4.26. The standard InChI is InChI=1S/C15H26ClN3/c1-5-19-13(14(16)12(4)18-19)9-15(17)7-6-10(2)11(3)8-15/h10-11H,5-9,17H2,1-4H3. The summed E-state index contributed by atoms with van der Waals surface area (Å²) in [5, 5.41) is 5.29. The molecule has 19 heavy (non-hydrogen) atoms. The third-order valence-electron chi connectivity index (χ3n) is 4.77. The van der Waals surface area contributed by atoms with Crippen molar-refractivity contribution < 1.29 is 0 Å². The minimum Gasteiger partial charge on any atom is -0.325 e. The van der Waals surface area contributed by atoms with Crippen LogP contribution in [0.2, 0.25) is 5.02 Å². The highest BCUT2D eigenvalue weighted by Crippen LogP contribution is 2.37. The summed E-state index contributed by atoms with van der Waals surface area (Å²) in [6, 6.07) is 0. The molecule has 1 fully saturated rings. The average molecular weight is 284 g/mol. The predicted octanol–water partition coefficient (Wildman–Crippen LogP) is 3.56. The largest absolute Gasteiger partial charge is 0.325 e. The minimum atomic E-state index is -0.116. The van der Waals surface area contributed by atoms with Crippen LogP contribution < -0.4 is 5.73 Å². The highest BCUT2D eigenvalue weighted by molar-refractivity contribution is 6.31. The first-order valence-corrected chi connectivity index (χ1v) is 7.74. The first kappa shape index (κ1) is 14.9. The molecule has 108 valence electrons. The quantitative estimate of drug-likeness (QED) is 0.922. The van der Waals surface area contributed by atoms with Gasteiger partial charge in [-0.3, -0.25) is 4.68 Å². The maximum Gasteiger partial charge on any atom is 0.0847 e. The van der Waals surface area contributed by atoms with Gasteiger partial charge in [-0.25, -0.2) is 0 Å². The van der Waals surface area contributed by atoms with E-state index in [9.17, 15) is 0 Å². The summed E-state index contributed by atoms with van der Waals surface area (Å²) in [5.41, 5.74) is 8.56. The molecule has 1 heterocycles. The molecular formula is C15H26ClN3. The van der Waals surface area contributed by atoms with Gasteiger partial charge in [-0.2, -0.15) is 5.10 Å². The summed E-state index contributed by atoms with van der Waals surface area (Å²) in [5.74, 6) is 1.47. The van der Waals surface area contributed by atoms with E-state index in [0.29, 0.717) is 5.92 Å². The smallest absolute Gasteiger partial charge is 0.0847 e. The van der Waals surface area contributed by atoms with E-state index in [-0.39, 0.29) is 5.54 Å². The number of aromatic nitrogens is 2. The molecule has 1 aliphatic rings. The van der Waals surface area contributed by atoms with Crippen LogP contribution in [0, 0.1) is 18.8 Å². The van der Waals surface area contributed by atoms with Gasteiger partial charge in [-0.1, -0.05) is 25.4 Å². The SMILES string of the molecule is CCn1nc(C)c(Cl)c1CC1(N)CCC(C)C(C)C1. The van der Waals surface area contributed by atoms with Crippen LogP contribution in [0.25, 0.3) is 0 Å². The van der Waals surface area contributed by atoms with Crippen LogP contribution in [0.3, 0.4) is 0 Å². The second kappa shape index (κ2) is 5.45. The molecule has 1 aromatic rings. The lowest BCUT2D eigenvalue weighted by Crippen LogP contribution is -2.48. The fraction of sp³-hybridized carbons (Fsp3) is 0.800. The number of aryl methyl sites for hydroxylation is 2. The van der Waals surface area contributed by atoms with Crippen molar-refractivity contribution in [3.8, 4) is 0 Å². The number of rotatable bonds is 3. The Morgan fingerprint density at radius 2 is 2.11 bits per heavy atom. The molecule has 0 amide bonds. The van der Waals surface area contributed by atoms with Crippen LogP contribution in [0.1, 0.15) is 51.4 Å². The van der Waals surface area contributed by atoms with E-state index in [1.807, 2.05) is 11.6 Å². The molecule has 1 saturated carbocycles. The zero-order chi connectivity index (χ0) is 14.2. The van der Waals surface area contributed by atoms with Gasteiger partial charge in [0.2, 0.25) is 0 Å². The maximum absolute atomic E-state index is 6.65. The molecule has 4 heteroatoms. The van der Waals surface area contributed by atoms with Crippen molar-refractivity contribution >= 4 is 11.6 Å². The van der Waals surface area contributed by atoms with E-state index in [1.54, 1.807) is 0 Å². The summed E-state index contributed by atoms with van der Waals surface area (Å²) >= 11 is 6.40. The molecule has 3 atom stereocenters. The van der Waals surface area contributed by atoms with Gasteiger partial charge in [-0.15, -0.1) is 0 Å². The van der Waals surface area contributed by atoms with Gasteiger partial charge in [0.15, 0.2) is 0 Å². The number of nitrogens with two attached hydrogens (primary N) is 1. The molecule has 0 aromatic carbocycles. The number of hydrogen-bond donors (Lipinski definition) is 1. The Morgan fingerprint density at radius 1 is 1.42 bits per heavy atom. The van der Waals surface area contributed by atoms with Crippen LogP contribution in [0.5, 0.6) is 0 Å². The third kappa shape index (κ3) is 2.97. The first-order chi connectivity index (χ1) is 8.86. The predicted molar refractivity (Wildman–Crippen MR) is 80.4 cm³/mol. The second-order valence-electron chi connectivity index (χ2n) is 6.40. The Morgan fingerprint density at radius 3 is 2.68 bits per heavy atom. The van der Waals surface area contributed by atoms with Crippen molar-refractivity contribution in [3.63, 3.8) is 0 Å². The van der Waals surface area contributed by atoms with Crippen molar-refractivity contribution in [2.75, 3.05) is 0 Å². The summed E-state index contributed by atoms with van der Waals surface area (Å²) in [6.45, 7) is 9.56. The minimum absolute atomic E-state index is 0.116. The van der Waals surface area contributed by atoms with E-state index in [1.165, 1.54) is 6.42 Å². The molecule has 3 nitrogen and oxygen atoms in total. The normalized spacial score (nSPS) is 31.7. The van der Waals surface area contributed by atoms with Gasteiger partial charge >= 0.3 is 0 Å². The Labute approximate surface area is 121 Å². The second-order valence-corrected chi connectivity index (χ2v) is 6.78. The molecule has 1 aliphatic carbocycles. The Bertz CT molecular complexity index is 454. The average Bonchev–Trinajstić information content (AvgIpc) is 2.62. The molecule has 0 bridgehead atoms. The van der Waals surface area contributed by atoms with Crippen LogP contribution in [0.4, 0.5) is 0 Å². The van der Waals surface area contributed by atoms with Crippen molar-refractivity contribution in [1.82, 2.24) is 9.78 Å². The highest BCUT2D eigenvalue weighted by atomic mass is 35.5. The van der Waals surface area contributed by atoms with Crippen molar-refractivity contribution in [2.45, 2.75) is 65.5 Å². The summed E-state index contributed by atoms with van der Waals surface area (Å²) in [6.07, 6.45) is 4.23. The molecule has 0 radical (unpaired) electrons. The number of halogens is 1. The van der Waals surface area contributed by atoms with Gasteiger partial charge in [0.05, 0.1) is 16.4 Å². The van der Waals surface area contributed by atoms with Crippen LogP contribution in [-0.4, -0.2) is 15.3 Å². The third-order valence-corrected chi connectivity index (χ3v) is 5.26. The van der Waals surface area contributed by atoms with Gasteiger partial charge in [0.25, 0.3) is 0 Å². The van der Waals surface area contributed by atoms with Crippen molar-refractivity contribution in [1.29, 1.82) is 0 Å². The van der Waals surface area contributed by atoms with E-state index in [2.05, 4.69) is 25.9 Å². The zero-order valence-electron chi connectivity index (χ0n) is 12.5. The maximum atomic E-state index is 6.65. The van der Waals surface area contributed by atoms with Gasteiger partial charge in [0.1, 0.15) is 0 Å². The lowest BCUT2D eigenvalue weighted by molar-refractivity contribution is 0.173. The topological polar surface area (TPSA) is 43.8 Å². The van der Waals surface area contributed by atoms with E-state index in [0.717, 1.165) is 48.1 Å².